The molecule has 0 aromatic heterocycles. The van der Waals surface area contributed by atoms with Crippen LogP contribution in [0.1, 0.15) is 30.4 Å². The summed E-state index contributed by atoms with van der Waals surface area (Å²) in [5.74, 6) is -0.121. The third kappa shape index (κ3) is 1.25. The first-order chi connectivity index (χ1) is 6.13. The Morgan fingerprint density at radius 3 is 2.62 bits per heavy atom. The van der Waals surface area contributed by atoms with E-state index in [1.165, 1.54) is 0 Å². The van der Waals surface area contributed by atoms with Crippen molar-refractivity contribution in [1.82, 2.24) is 0 Å². The van der Waals surface area contributed by atoms with Crippen molar-refractivity contribution in [3.63, 3.8) is 0 Å². The van der Waals surface area contributed by atoms with Gasteiger partial charge >= 0.3 is 0 Å². The van der Waals surface area contributed by atoms with Gasteiger partial charge in [0.05, 0.1) is 0 Å². The smallest absolute Gasteiger partial charge is 0.131 e. The van der Waals surface area contributed by atoms with E-state index in [0.717, 1.165) is 19.3 Å². The first-order valence-electron chi connectivity index (χ1n) is 4.68. The Morgan fingerprint density at radius 2 is 2.08 bits per heavy atom. The van der Waals surface area contributed by atoms with E-state index in [9.17, 15) is 4.39 Å². The summed E-state index contributed by atoms with van der Waals surface area (Å²) < 4.78 is 13.6. The molecule has 2 heteroatoms. The van der Waals surface area contributed by atoms with Crippen molar-refractivity contribution in [1.29, 1.82) is 0 Å². The summed E-state index contributed by atoms with van der Waals surface area (Å²) in [6.45, 7) is 1.78. The van der Waals surface area contributed by atoms with Crippen LogP contribution in [-0.2, 0) is 5.54 Å². The highest BCUT2D eigenvalue weighted by Gasteiger charge is 2.36. The lowest BCUT2D eigenvalue weighted by Crippen LogP contribution is -2.44. The molecule has 0 bridgehead atoms. The molecule has 1 aromatic rings. The Hall–Kier alpha value is -0.890. The molecule has 0 spiro atoms. The third-order valence-electron chi connectivity index (χ3n) is 2.97. The van der Waals surface area contributed by atoms with Gasteiger partial charge in [0.1, 0.15) is 5.82 Å². The summed E-state index contributed by atoms with van der Waals surface area (Å²) in [5, 5.41) is 0. The predicted molar refractivity (Wildman–Crippen MR) is 50.9 cm³/mol. The summed E-state index contributed by atoms with van der Waals surface area (Å²) in [4.78, 5) is 0. The van der Waals surface area contributed by atoms with Crippen molar-refractivity contribution in [2.24, 2.45) is 5.73 Å². The van der Waals surface area contributed by atoms with Crippen molar-refractivity contribution >= 4 is 0 Å². The molecular formula is C11H14FN. The van der Waals surface area contributed by atoms with E-state index in [-0.39, 0.29) is 11.4 Å². The van der Waals surface area contributed by atoms with Gasteiger partial charge in [-0.15, -0.1) is 0 Å². The maximum absolute atomic E-state index is 13.6. The van der Waals surface area contributed by atoms with Gasteiger partial charge in [-0.3, -0.25) is 0 Å². The van der Waals surface area contributed by atoms with Crippen LogP contribution in [0.5, 0.6) is 0 Å². The molecule has 13 heavy (non-hydrogen) atoms. The highest BCUT2D eigenvalue weighted by molar-refractivity contribution is 5.32. The average molecular weight is 179 g/mol. The number of hydrogen-bond acceptors (Lipinski definition) is 1. The quantitative estimate of drug-likeness (QED) is 0.704. The molecule has 1 saturated carbocycles. The van der Waals surface area contributed by atoms with Crippen LogP contribution in [-0.4, -0.2) is 0 Å². The number of rotatable bonds is 1. The van der Waals surface area contributed by atoms with Crippen molar-refractivity contribution in [2.75, 3.05) is 0 Å². The van der Waals surface area contributed by atoms with Crippen molar-refractivity contribution in [3.8, 4) is 0 Å². The summed E-state index contributed by atoms with van der Waals surface area (Å²) in [6.07, 6.45) is 2.94. The van der Waals surface area contributed by atoms with Crippen LogP contribution in [0.3, 0.4) is 0 Å². The third-order valence-corrected chi connectivity index (χ3v) is 2.97. The maximum atomic E-state index is 13.6. The molecule has 0 unspecified atom stereocenters. The first kappa shape index (κ1) is 8.70. The zero-order valence-corrected chi connectivity index (χ0v) is 7.81. The second kappa shape index (κ2) is 2.81. The first-order valence-corrected chi connectivity index (χ1v) is 4.68. The van der Waals surface area contributed by atoms with Crippen molar-refractivity contribution in [2.45, 2.75) is 31.7 Å². The van der Waals surface area contributed by atoms with E-state index in [0.29, 0.717) is 11.1 Å². The van der Waals surface area contributed by atoms with E-state index < -0.39 is 0 Å². The predicted octanol–water partition coefficient (Wildman–Crippen LogP) is 2.47. The van der Waals surface area contributed by atoms with Gasteiger partial charge in [0, 0.05) is 11.1 Å². The summed E-state index contributed by atoms with van der Waals surface area (Å²) in [6, 6.07) is 5.46. The topological polar surface area (TPSA) is 26.0 Å². The van der Waals surface area contributed by atoms with Crippen LogP contribution in [0.15, 0.2) is 18.2 Å². The zero-order valence-electron chi connectivity index (χ0n) is 7.81. The number of nitrogens with two attached hydrogens (primary N) is 1. The van der Waals surface area contributed by atoms with Gasteiger partial charge < -0.3 is 5.73 Å². The molecule has 0 heterocycles. The Bertz CT molecular complexity index is 329. The molecule has 0 amide bonds. The molecule has 2 rings (SSSR count). The molecule has 1 fully saturated rings. The van der Waals surface area contributed by atoms with E-state index in [1.54, 1.807) is 13.0 Å². The normalized spacial score (nSPS) is 19.6. The molecule has 70 valence electrons. The molecular weight excluding hydrogens is 165 g/mol. The van der Waals surface area contributed by atoms with Gasteiger partial charge in [0.15, 0.2) is 0 Å². The minimum Gasteiger partial charge on any atom is -0.321 e. The summed E-state index contributed by atoms with van der Waals surface area (Å²) in [5.41, 5.74) is 7.06. The molecule has 2 N–H and O–H groups in total. The Morgan fingerprint density at radius 1 is 1.38 bits per heavy atom. The van der Waals surface area contributed by atoms with Gasteiger partial charge in [0.25, 0.3) is 0 Å². The van der Waals surface area contributed by atoms with Crippen molar-refractivity contribution in [3.05, 3.63) is 35.1 Å². The monoisotopic (exact) mass is 179 g/mol. The standard InChI is InChI=1S/C11H14FN/c1-8-4-2-5-9(10(8)12)11(13)6-3-7-11/h2,4-5H,3,6-7,13H2,1H3. The van der Waals surface area contributed by atoms with Gasteiger partial charge in [-0.2, -0.15) is 0 Å². The highest BCUT2D eigenvalue weighted by Crippen LogP contribution is 2.40. The minimum atomic E-state index is -0.379. The van der Waals surface area contributed by atoms with Gasteiger partial charge in [-0.25, -0.2) is 4.39 Å². The maximum Gasteiger partial charge on any atom is 0.131 e. The van der Waals surface area contributed by atoms with Crippen LogP contribution in [0.25, 0.3) is 0 Å². The SMILES string of the molecule is Cc1cccc(C2(N)CCC2)c1F. The van der Waals surface area contributed by atoms with Crippen LogP contribution < -0.4 is 5.73 Å². The lowest BCUT2D eigenvalue weighted by atomic mass is 9.72. The number of benzene rings is 1. The molecule has 1 aliphatic rings. The second-order valence-corrected chi connectivity index (χ2v) is 3.95. The zero-order chi connectivity index (χ0) is 9.47. The fourth-order valence-electron chi connectivity index (χ4n) is 1.86. The second-order valence-electron chi connectivity index (χ2n) is 3.95. The Kier molecular flexibility index (Phi) is 1.88. The van der Waals surface area contributed by atoms with Crippen molar-refractivity contribution < 1.29 is 4.39 Å². The van der Waals surface area contributed by atoms with Gasteiger partial charge in [-0.1, -0.05) is 18.2 Å². The molecule has 0 atom stereocenters. The van der Waals surface area contributed by atoms with Gasteiger partial charge in [-0.05, 0) is 31.7 Å². The van der Waals surface area contributed by atoms with E-state index in [4.69, 9.17) is 5.73 Å². The van der Waals surface area contributed by atoms with Crippen LogP contribution in [0.2, 0.25) is 0 Å². The largest absolute Gasteiger partial charge is 0.321 e. The fraction of sp³-hybridized carbons (Fsp3) is 0.455. The molecule has 1 aliphatic carbocycles. The Labute approximate surface area is 77.8 Å². The minimum absolute atomic E-state index is 0.121. The van der Waals surface area contributed by atoms with Gasteiger partial charge in [0.2, 0.25) is 0 Å². The number of hydrogen-bond donors (Lipinski definition) is 1. The molecule has 1 aromatic carbocycles. The highest BCUT2D eigenvalue weighted by atomic mass is 19.1. The van der Waals surface area contributed by atoms with Crippen LogP contribution in [0, 0.1) is 12.7 Å². The molecule has 0 aliphatic heterocycles. The fourth-order valence-corrected chi connectivity index (χ4v) is 1.86. The summed E-state index contributed by atoms with van der Waals surface area (Å²) >= 11 is 0. The number of halogens is 1. The molecule has 0 radical (unpaired) electrons. The van der Waals surface area contributed by atoms with Crippen LogP contribution >= 0.6 is 0 Å². The van der Waals surface area contributed by atoms with E-state index in [1.807, 2.05) is 12.1 Å². The summed E-state index contributed by atoms with van der Waals surface area (Å²) in [7, 11) is 0. The van der Waals surface area contributed by atoms with E-state index in [2.05, 4.69) is 0 Å². The van der Waals surface area contributed by atoms with Crippen LogP contribution in [0.4, 0.5) is 4.39 Å². The Balaban J connectivity index is 2.45. The molecule has 1 nitrogen and oxygen atoms in total. The average Bonchev–Trinajstić information content (AvgIpc) is 2.06. The lowest BCUT2D eigenvalue weighted by Gasteiger charge is -2.38. The molecule has 0 saturated heterocycles. The lowest BCUT2D eigenvalue weighted by molar-refractivity contribution is 0.245. The van der Waals surface area contributed by atoms with E-state index >= 15 is 0 Å². The number of aryl methyl sites for hydroxylation is 1.